The number of anilines is 1. The summed E-state index contributed by atoms with van der Waals surface area (Å²) in [5.74, 6) is 3.71. The minimum Gasteiger partial charge on any atom is -0.337 e. The lowest BCUT2D eigenvalue weighted by atomic mass is 10.2. The van der Waals surface area contributed by atoms with Crippen LogP contribution in [0.25, 0.3) is 0 Å². The van der Waals surface area contributed by atoms with Crippen LogP contribution in [-0.2, 0) is 6.54 Å². The van der Waals surface area contributed by atoms with Gasteiger partial charge in [0.15, 0.2) is 11.6 Å². The van der Waals surface area contributed by atoms with Crippen LogP contribution in [0.2, 0.25) is 5.02 Å². The lowest BCUT2D eigenvalue weighted by Crippen LogP contribution is -2.27. The van der Waals surface area contributed by atoms with E-state index in [-0.39, 0.29) is 17.9 Å². The molecule has 0 saturated heterocycles. The number of nitrogen functional groups attached to an aromatic ring is 1. The number of nitrogens with two attached hydrogens (primary N) is 1. The van der Waals surface area contributed by atoms with E-state index in [4.69, 9.17) is 17.4 Å². The van der Waals surface area contributed by atoms with Gasteiger partial charge in [0.05, 0.1) is 5.56 Å². The van der Waals surface area contributed by atoms with Gasteiger partial charge in [-0.05, 0) is 17.7 Å². The standard InChI is InChI=1S/C14H14ClFN4O/c1-20(8-9-4-2-3-5-11(9)15)14(21)10-6-7-18-13(19-17)12(10)16/h2-7H,8,17H2,1H3,(H,18,19). The second-order valence-electron chi connectivity index (χ2n) is 4.42. The van der Waals surface area contributed by atoms with Gasteiger partial charge in [-0.25, -0.2) is 15.2 Å². The fourth-order valence-corrected chi connectivity index (χ4v) is 2.06. The molecule has 2 aromatic rings. The van der Waals surface area contributed by atoms with Gasteiger partial charge in [0.1, 0.15) is 0 Å². The van der Waals surface area contributed by atoms with Crippen molar-refractivity contribution in [3.05, 3.63) is 58.5 Å². The summed E-state index contributed by atoms with van der Waals surface area (Å²) >= 11 is 6.05. The molecule has 0 bridgehead atoms. The van der Waals surface area contributed by atoms with E-state index in [2.05, 4.69) is 10.4 Å². The number of hydrogen-bond donors (Lipinski definition) is 2. The van der Waals surface area contributed by atoms with Crippen LogP contribution in [0.4, 0.5) is 10.2 Å². The van der Waals surface area contributed by atoms with Crippen molar-refractivity contribution in [1.29, 1.82) is 0 Å². The van der Waals surface area contributed by atoms with Crippen molar-refractivity contribution in [1.82, 2.24) is 9.88 Å². The van der Waals surface area contributed by atoms with Crippen LogP contribution >= 0.6 is 11.6 Å². The highest BCUT2D eigenvalue weighted by Crippen LogP contribution is 2.19. The summed E-state index contributed by atoms with van der Waals surface area (Å²) in [6.45, 7) is 0.270. The van der Waals surface area contributed by atoms with Gasteiger partial charge in [-0.3, -0.25) is 4.79 Å². The predicted octanol–water partition coefficient (Wildman–Crippen LogP) is 2.43. The minimum absolute atomic E-state index is 0.104. The van der Waals surface area contributed by atoms with Crippen molar-refractivity contribution >= 4 is 23.3 Å². The van der Waals surface area contributed by atoms with Crippen LogP contribution in [0.5, 0.6) is 0 Å². The third-order valence-electron chi connectivity index (χ3n) is 2.97. The second-order valence-corrected chi connectivity index (χ2v) is 4.83. The number of nitrogens with one attached hydrogen (secondary N) is 1. The van der Waals surface area contributed by atoms with Gasteiger partial charge in [0, 0.05) is 24.8 Å². The summed E-state index contributed by atoms with van der Waals surface area (Å²) in [5, 5.41) is 0.552. The van der Waals surface area contributed by atoms with E-state index >= 15 is 0 Å². The summed E-state index contributed by atoms with van der Waals surface area (Å²) in [4.78, 5) is 17.4. The Morgan fingerprint density at radius 1 is 1.43 bits per heavy atom. The van der Waals surface area contributed by atoms with Crippen LogP contribution in [0.1, 0.15) is 15.9 Å². The largest absolute Gasteiger partial charge is 0.337 e. The third-order valence-corrected chi connectivity index (χ3v) is 3.34. The molecule has 0 fully saturated rings. The first-order valence-electron chi connectivity index (χ1n) is 6.14. The molecule has 0 spiro atoms. The summed E-state index contributed by atoms with van der Waals surface area (Å²) < 4.78 is 14.0. The first-order chi connectivity index (χ1) is 10.0. The Balaban J connectivity index is 2.22. The number of hydrogen-bond acceptors (Lipinski definition) is 4. The van der Waals surface area contributed by atoms with Crippen molar-refractivity contribution in [2.45, 2.75) is 6.54 Å². The van der Waals surface area contributed by atoms with Crippen molar-refractivity contribution in [3.63, 3.8) is 0 Å². The van der Waals surface area contributed by atoms with E-state index in [9.17, 15) is 9.18 Å². The Kier molecular flexibility index (Phi) is 4.72. The number of rotatable bonds is 4. The zero-order valence-electron chi connectivity index (χ0n) is 11.3. The molecule has 1 aromatic carbocycles. The first kappa shape index (κ1) is 15.2. The molecule has 0 atom stereocenters. The monoisotopic (exact) mass is 308 g/mol. The fraction of sp³-hybridized carbons (Fsp3) is 0.143. The number of amides is 1. The summed E-state index contributed by atoms with van der Waals surface area (Å²) in [6, 6.07) is 8.47. The van der Waals surface area contributed by atoms with E-state index in [0.717, 1.165) is 5.56 Å². The van der Waals surface area contributed by atoms with E-state index in [0.29, 0.717) is 5.02 Å². The molecule has 1 heterocycles. The van der Waals surface area contributed by atoms with Gasteiger partial charge in [0.25, 0.3) is 5.91 Å². The Labute approximate surface area is 126 Å². The normalized spacial score (nSPS) is 10.3. The molecule has 0 aliphatic carbocycles. The Hall–Kier alpha value is -2.18. The summed E-state index contributed by atoms with van der Waals surface area (Å²) in [6.07, 6.45) is 1.31. The van der Waals surface area contributed by atoms with Crippen molar-refractivity contribution in [2.24, 2.45) is 5.84 Å². The molecule has 0 aliphatic heterocycles. The zero-order valence-corrected chi connectivity index (χ0v) is 12.1. The second kappa shape index (κ2) is 6.51. The maximum Gasteiger partial charge on any atom is 0.257 e. The maximum absolute atomic E-state index is 14.0. The molecule has 7 heteroatoms. The van der Waals surface area contributed by atoms with Crippen LogP contribution < -0.4 is 11.3 Å². The molecule has 0 aliphatic rings. The molecule has 1 aromatic heterocycles. The van der Waals surface area contributed by atoms with Crippen LogP contribution in [0.3, 0.4) is 0 Å². The molecule has 0 radical (unpaired) electrons. The lowest BCUT2D eigenvalue weighted by molar-refractivity contribution is 0.0780. The van der Waals surface area contributed by atoms with Crippen molar-refractivity contribution in [2.75, 3.05) is 12.5 Å². The molecular weight excluding hydrogens is 295 g/mol. The van der Waals surface area contributed by atoms with Gasteiger partial charge in [-0.1, -0.05) is 29.8 Å². The Bertz CT molecular complexity index is 665. The van der Waals surface area contributed by atoms with Gasteiger partial charge < -0.3 is 10.3 Å². The SMILES string of the molecule is CN(Cc1ccccc1Cl)C(=O)c1ccnc(NN)c1F. The molecular formula is C14H14ClFN4O. The van der Waals surface area contributed by atoms with Crippen molar-refractivity contribution in [3.8, 4) is 0 Å². The number of halogens is 2. The van der Waals surface area contributed by atoms with E-state index in [1.807, 2.05) is 12.1 Å². The smallest absolute Gasteiger partial charge is 0.257 e. The molecule has 2 rings (SSSR count). The van der Waals surface area contributed by atoms with E-state index in [1.165, 1.54) is 17.2 Å². The highest BCUT2D eigenvalue weighted by molar-refractivity contribution is 6.31. The third kappa shape index (κ3) is 3.29. The van der Waals surface area contributed by atoms with Gasteiger partial charge in [-0.2, -0.15) is 0 Å². The number of benzene rings is 1. The van der Waals surface area contributed by atoms with Crippen LogP contribution in [-0.4, -0.2) is 22.8 Å². The molecule has 5 nitrogen and oxygen atoms in total. The number of carbonyl (C=O) groups excluding carboxylic acids is 1. The highest BCUT2D eigenvalue weighted by Gasteiger charge is 2.19. The van der Waals surface area contributed by atoms with Gasteiger partial charge in [-0.15, -0.1) is 0 Å². The fourth-order valence-electron chi connectivity index (χ4n) is 1.87. The number of nitrogens with zero attached hydrogens (tertiary/aromatic N) is 2. The van der Waals surface area contributed by atoms with E-state index in [1.54, 1.807) is 19.2 Å². The molecule has 1 amide bonds. The van der Waals surface area contributed by atoms with Crippen molar-refractivity contribution < 1.29 is 9.18 Å². The molecule has 21 heavy (non-hydrogen) atoms. The Morgan fingerprint density at radius 2 is 2.14 bits per heavy atom. The number of pyridine rings is 1. The number of hydrazine groups is 1. The quantitative estimate of drug-likeness (QED) is 0.672. The molecule has 0 saturated carbocycles. The number of aromatic nitrogens is 1. The Morgan fingerprint density at radius 3 is 2.81 bits per heavy atom. The first-order valence-corrected chi connectivity index (χ1v) is 6.52. The predicted molar refractivity (Wildman–Crippen MR) is 79.3 cm³/mol. The van der Waals surface area contributed by atoms with Crippen LogP contribution in [0, 0.1) is 5.82 Å². The lowest BCUT2D eigenvalue weighted by Gasteiger charge is -2.18. The van der Waals surface area contributed by atoms with Gasteiger partial charge in [0.2, 0.25) is 0 Å². The molecule has 110 valence electrons. The average molecular weight is 309 g/mol. The van der Waals surface area contributed by atoms with Crippen LogP contribution in [0.15, 0.2) is 36.5 Å². The van der Waals surface area contributed by atoms with Gasteiger partial charge >= 0.3 is 0 Å². The average Bonchev–Trinajstić information content (AvgIpc) is 2.49. The highest BCUT2D eigenvalue weighted by atomic mass is 35.5. The maximum atomic E-state index is 14.0. The van der Waals surface area contributed by atoms with E-state index < -0.39 is 11.7 Å². The zero-order chi connectivity index (χ0) is 15.4. The summed E-state index contributed by atoms with van der Waals surface area (Å²) in [7, 11) is 1.57. The molecule has 0 unspecified atom stereocenters. The number of carbonyl (C=O) groups is 1. The summed E-state index contributed by atoms with van der Waals surface area (Å²) in [5.41, 5.74) is 2.79. The minimum atomic E-state index is -0.781. The molecule has 3 N–H and O–H groups in total. The topological polar surface area (TPSA) is 71.2 Å².